The van der Waals surface area contributed by atoms with Crippen LogP contribution in [0.3, 0.4) is 0 Å². The fraction of sp³-hybridized carbons (Fsp3) is 0.545. The molecule has 5 rings (SSSR count). The summed E-state index contributed by atoms with van der Waals surface area (Å²) in [5, 5.41) is 22.7. The number of hydrogen-bond acceptors (Lipinski definition) is 6. The second kappa shape index (κ2) is 6.93. The highest BCUT2D eigenvalue weighted by Crippen LogP contribution is 2.50. The molecule has 154 valence electrons. The van der Waals surface area contributed by atoms with Gasteiger partial charge in [0, 0.05) is 30.8 Å². The van der Waals surface area contributed by atoms with Crippen LogP contribution in [-0.4, -0.2) is 46.8 Å². The first-order valence-electron chi connectivity index (χ1n) is 10.3. The van der Waals surface area contributed by atoms with Gasteiger partial charge in [-0.05, 0) is 49.7 Å². The standard InChI is InChI=1S/C22H26N2O5/c1-22(25,18-11-14-2-3-15(18)10-14)13-20-21(23-6-8-28-9-7-23)17-12-16(24(26)27)4-5-19(17)29-20/h2-5,12-15,18,21,25H,6-11H2,1H3/b20-13-. The monoisotopic (exact) mass is 398 g/mol. The number of nitro benzene ring substituents is 1. The maximum absolute atomic E-state index is 11.4. The molecule has 1 saturated heterocycles. The molecule has 5 unspecified atom stereocenters. The highest BCUT2D eigenvalue weighted by atomic mass is 16.6. The van der Waals surface area contributed by atoms with Gasteiger partial charge in [-0.15, -0.1) is 0 Å². The first kappa shape index (κ1) is 18.8. The Morgan fingerprint density at radius 1 is 1.28 bits per heavy atom. The Morgan fingerprint density at radius 3 is 2.72 bits per heavy atom. The summed E-state index contributed by atoms with van der Waals surface area (Å²) >= 11 is 0. The summed E-state index contributed by atoms with van der Waals surface area (Å²) in [5.41, 5.74) is -0.161. The third-order valence-electron chi connectivity index (χ3n) is 6.87. The zero-order chi connectivity index (χ0) is 20.2. The number of nitrogens with zero attached hydrogens (tertiary/aromatic N) is 2. The van der Waals surface area contributed by atoms with Crippen molar-refractivity contribution in [2.45, 2.75) is 31.4 Å². The van der Waals surface area contributed by atoms with Gasteiger partial charge in [-0.3, -0.25) is 15.0 Å². The maximum atomic E-state index is 11.4. The summed E-state index contributed by atoms with van der Waals surface area (Å²) in [6.07, 6.45) is 8.46. The molecule has 2 fully saturated rings. The van der Waals surface area contributed by atoms with Crippen molar-refractivity contribution < 1.29 is 19.5 Å². The molecule has 0 radical (unpaired) electrons. The lowest BCUT2D eigenvalue weighted by Gasteiger charge is -2.35. The zero-order valence-corrected chi connectivity index (χ0v) is 16.5. The van der Waals surface area contributed by atoms with Crippen LogP contribution in [0.2, 0.25) is 0 Å². The molecule has 2 heterocycles. The van der Waals surface area contributed by atoms with Crippen LogP contribution in [0, 0.1) is 27.9 Å². The average Bonchev–Trinajstić information content (AvgIpc) is 3.41. The Balaban J connectivity index is 1.51. The van der Waals surface area contributed by atoms with Gasteiger partial charge in [-0.1, -0.05) is 12.2 Å². The molecule has 1 aromatic carbocycles. The molecule has 7 nitrogen and oxygen atoms in total. The predicted molar refractivity (Wildman–Crippen MR) is 106 cm³/mol. The van der Waals surface area contributed by atoms with Gasteiger partial charge in [-0.2, -0.15) is 0 Å². The van der Waals surface area contributed by atoms with Crippen molar-refractivity contribution >= 4 is 5.69 Å². The van der Waals surface area contributed by atoms with Crippen LogP contribution in [-0.2, 0) is 4.74 Å². The number of non-ortho nitro benzene ring substituents is 1. The summed E-state index contributed by atoms with van der Waals surface area (Å²) in [6, 6.07) is 4.49. The molecular formula is C22H26N2O5. The minimum Gasteiger partial charge on any atom is -0.460 e. The van der Waals surface area contributed by atoms with Gasteiger partial charge in [0.1, 0.15) is 11.5 Å². The lowest BCUT2D eigenvalue weighted by atomic mass is 9.79. The van der Waals surface area contributed by atoms with Gasteiger partial charge in [0.2, 0.25) is 0 Å². The Morgan fingerprint density at radius 2 is 2.07 bits per heavy atom. The molecule has 2 aliphatic carbocycles. The molecule has 5 atom stereocenters. The Hall–Kier alpha value is -2.22. The van der Waals surface area contributed by atoms with E-state index in [9.17, 15) is 15.2 Å². The van der Waals surface area contributed by atoms with Crippen LogP contribution in [0.1, 0.15) is 31.4 Å². The molecule has 2 bridgehead atoms. The molecule has 1 N–H and O–H groups in total. The van der Waals surface area contributed by atoms with E-state index in [1.807, 2.05) is 13.0 Å². The minimum absolute atomic E-state index is 0.0526. The lowest BCUT2D eigenvalue weighted by molar-refractivity contribution is -0.384. The van der Waals surface area contributed by atoms with Crippen LogP contribution >= 0.6 is 0 Å². The van der Waals surface area contributed by atoms with Gasteiger partial charge in [0.25, 0.3) is 5.69 Å². The highest BCUT2D eigenvalue weighted by molar-refractivity contribution is 5.52. The molecule has 0 aromatic heterocycles. The molecule has 4 aliphatic rings. The summed E-state index contributed by atoms with van der Waals surface area (Å²) in [6.45, 7) is 4.52. The number of fused-ring (bicyclic) bond motifs is 3. The lowest BCUT2D eigenvalue weighted by Crippen LogP contribution is -2.40. The number of morpholine rings is 1. The van der Waals surface area contributed by atoms with Crippen LogP contribution < -0.4 is 4.74 Å². The molecule has 1 aromatic rings. The van der Waals surface area contributed by atoms with Gasteiger partial charge in [0.15, 0.2) is 0 Å². The van der Waals surface area contributed by atoms with Crippen LogP contribution in [0.5, 0.6) is 5.75 Å². The van der Waals surface area contributed by atoms with Crippen molar-refractivity contribution in [1.82, 2.24) is 4.90 Å². The molecular weight excluding hydrogens is 372 g/mol. The van der Waals surface area contributed by atoms with E-state index in [0.29, 0.717) is 49.6 Å². The second-order valence-corrected chi connectivity index (χ2v) is 8.79. The molecule has 0 spiro atoms. The van der Waals surface area contributed by atoms with E-state index in [2.05, 4.69) is 17.1 Å². The maximum Gasteiger partial charge on any atom is 0.270 e. The highest BCUT2D eigenvalue weighted by Gasteiger charge is 2.46. The van der Waals surface area contributed by atoms with E-state index in [0.717, 1.165) is 18.4 Å². The van der Waals surface area contributed by atoms with E-state index in [1.165, 1.54) is 6.07 Å². The van der Waals surface area contributed by atoms with Crippen LogP contribution in [0.15, 0.2) is 42.2 Å². The average molecular weight is 398 g/mol. The van der Waals surface area contributed by atoms with Gasteiger partial charge in [-0.25, -0.2) is 0 Å². The summed E-state index contributed by atoms with van der Waals surface area (Å²) < 4.78 is 11.7. The Kier molecular flexibility index (Phi) is 4.49. The topological polar surface area (TPSA) is 85.1 Å². The molecule has 29 heavy (non-hydrogen) atoms. The van der Waals surface area contributed by atoms with Gasteiger partial charge < -0.3 is 14.6 Å². The SMILES string of the molecule is CC(O)(/C=C1\Oc2ccc([N+](=O)[O-])cc2C1N1CCOCC1)C1CC2C=CC1C2. The summed E-state index contributed by atoms with van der Waals surface area (Å²) in [4.78, 5) is 13.2. The van der Waals surface area contributed by atoms with Crippen molar-refractivity contribution in [2.24, 2.45) is 17.8 Å². The Bertz CT molecular complexity index is 887. The number of ether oxygens (including phenoxy) is 2. The van der Waals surface area contributed by atoms with E-state index in [-0.39, 0.29) is 22.6 Å². The Labute approximate surface area is 169 Å². The van der Waals surface area contributed by atoms with Gasteiger partial charge in [0.05, 0.1) is 29.8 Å². The van der Waals surface area contributed by atoms with E-state index in [4.69, 9.17) is 9.47 Å². The second-order valence-electron chi connectivity index (χ2n) is 8.79. The van der Waals surface area contributed by atoms with Crippen LogP contribution in [0.25, 0.3) is 0 Å². The fourth-order valence-corrected chi connectivity index (χ4v) is 5.46. The number of aliphatic hydroxyl groups is 1. The first-order valence-corrected chi connectivity index (χ1v) is 10.3. The number of benzene rings is 1. The zero-order valence-electron chi connectivity index (χ0n) is 16.5. The molecule has 0 amide bonds. The first-order chi connectivity index (χ1) is 13.9. The molecule has 2 aliphatic heterocycles. The third kappa shape index (κ3) is 3.27. The smallest absolute Gasteiger partial charge is 0.270 e. The van der Waals surface area contributed by atoms with Crippen molar-refractivity contribution in [3.05, 3.63) is 57.9 Å². The quantitative estimate of drug-likeness (QED) is 0.476. The van der Waals surface area contributed by atoms with Crippen molar-refractivity contribution in [2.75, 3.05) is 26.3 Å². The number of allylic oxidation sites excluding steroid dienone is 2. The van der Waals surface area contributed by atoms with Gasteiger partial charge >= 0.3 is 0 Å². The summed E-state index contributed by atoms with van der Waals surface area (Å²) in [5.74, 6) is 2.42. The summed E-state index contributed by atoms with van der Waals surface area (Å²) in [7, 11) is 0. The molecule has 7 heteroatoms. The van der Waals surface area contributed by atoms with Crippen molar-refractivity contribution in [1.29, 1.82) is 0 Å². The van der Waals surface area contributed by atoms with E-state index in [1.54, 1.807) is 12.1 Å². The van der Waals surface area contributed by atoms with Crippen molar-refractivity contribution in [3.8, 4) is 5.75 Å². The number of rotatable bonds is 4. The minimum atomic E-state index is -1.00. The third-order valence-corrected chi connectivity index (χ3v) is 6.87. The molecule has 1 saturated carbocycles. The predicted octanol–water partition coefficient (Wildman–Crippen LogP) is 3.21. The van der Waals surface area contributed by atoms with E-state index >= 15 is 0 Å². The fourth-order valence-electron chi connectivity index (χ4n) is 5.46. The number of hydrogen-bond donors (Lipinski definition) is 1. The van der Waals surface area contributed by atoms with Crippen molar-refractivity contribution in [3.63, 3.8) is 0 Å². The largest absolute Gasteiger partial charge is 0.460 e. The normalized spacial score (nSPS) is 34.2. The van der Waals surface area contributed by atoms with Crippen LogP contribution in [0.4, 0.5) is 5.69 Å². The number of nitro groups is 1. The van der Waals surface area contributed by atoms with E-state index < -0.39 is 5.60 Å².